The molecule has 1 atom stereocenters. The highest BCUT2D eigenvalue weighted by molar-refractivity contribution is 5.99. The van der Waals surface area contributed by atoms with Crippen molar-refractivity contribution in [3.63, 3.8) is 0 Å². The minimum absolute atomic E-state index is 0.0809. The Kier molecular flexibility index (Phi) is 5.73. The Morgan fingerprint density at radius 3 is 2.04 bits per heavy atom. The molecule has 2 rings (SSSR count). The molecule has 2 aromatic carbocycles. The Balaban J connectivity index is 2.20. The normalized spacial score (nSPS) is 11.4. The third kappa shape index (κ3) is 4.81. The average Bonchev–Trinajstić information content (AvgIpc) is 2.60. The number of hydrogen-bond donors (Lipinski definition) is 3. The van der Waals surface area contributed by atoms with Crippen molar-refractivity contribution in [2.45, 2.75) is 19.4 Å². The molecule has 0 bridgehead atoms. The highest BCUT2D eigenvalue weighted by atomic mass is 16.5. The molecule has 0 heterocycles. The summed E-state index contributed by atoms with van der Waals surface area (Å²) in [5.74, 6) is -2.54. The molecule has 3 N–H and O–H groups in total. The fourth-order valence-electron chi connectivity index (χ4n) is 2.16. The third-order valence-electron chi connectivity index (χ3n) is 3.38. The number of carboxylic acid groups (broad SMARTS) is 2. The van der Waals surface area contributed by atoms with Gasteiger partial charge in [0.2, 0.25) is 0 Å². The van der Waals surface area contributed by atoms with Crippen molar-refractivity contribution in [2.75, 3.05) is 5.32 Å². The van der Waals surface area contributed by atoms with Crippen LogP contribution in [0.4, 0.5) is 5.69 Å². The molecule has 0 aliphatic carbocycles. The van der Waals surface area contributed by atoms with E-state index in [4.69, 9.17) is 14.9 Å². The molecule has 0 spiro atoms. The summed E-state index contributed by atoms with van der Waals surface area (Å²) in [7, 11) is 0. The number of anilines is 1. The van der Waals surface area contributed by atoms with Crippen LogP contribution < -0.4 is 10.1 Å². The van der Waals surface area contributed by atoms with Gasteiger partial charge in [0.25, 0.3) is 5.91 Å². The van der Waals surface area contributed by atoms with Gasteiger partial charge in [-0.25, -0.2) is 9.59 Å². The molecule has 0 saturated heterocycles. The number of aromatic carboxylic acids is 2. The van der Waals surface area contributed by atoms with E-state index in [9.17, 15) is 14.4 Å². The molecule has 25 heavy (non-hydrogen) atoms. The van der Waals surface area contributed by atoms with Crippen LogP contribution in [0, 0.1) is 0 Å². The van der Waals surface area contributed by atoms with Crippen LogP contribution in [0.5, 0.6) is 5.75 Å². The predicted octanol–water partition coefficient (Wildman–Crippen LogP) is 2.88. The SMILES string of the molecule is CC[C@@H](Oc1ccccc1)C(=O)Nc1cc(C(=O)O)cc(C(=O)O)c1. The molecule has 0 unspecified atom stereocenters. The standard InChI is InChI=1S/C18H17NO6/c1-2-15(25-14-6-4-3-5-7-14)16(20)19-13-9-11(17(21)22)8-12(10-13)18(23)24/h3-10,15H,2H2,1H3,(H,19,20)(H,21,22)(H,23,24)/t15-/m1/s1. The lowest BCUT2D eigenvalue weighted by atomic mass is 10.1. The van der Waals surface area contributed by atoms with Gasteiger partial charge in [-0.05, 0) is 36.8 Å². The van der Waals surface area contributed by atoms with Crippen molar-refractivity contribution in [2.24, 2.45) is 0 Å². The first-order valence-corrected chi connectivity index (χ1v) is 7.55. The van der Waals surface area contributed by atoms with E-state index < -0.39 is 23.9 Å². The average molecular weight is 343 g/mol. The molecule has 0 radical (unpaired) electrons. The van der Waals surface area contributed by atoms with Gasteiger partial charge < -0.3 is 20.3 Å². The first kappa shape index (κ1) is 18.0. The summed E-state index contributed by atoms with van der Waals surface area (Å²) in [6, 6.07) is 12.2. The van der Waals surface area contributed by atoms with Crippen LogP contribution in [0.1, 0.15) is 34.1 Å². The number of carbonyl (C=O) groups is 3. The van der Waals surface area contributed by atoms with Crippen molar-refractivity contribution in [3.05, 3.63) is 59.7 Å². The van der Waals surface area contributed by atoms with Crippen molar-refractivity contribution < 1.29 is 29.3 Å². The number of carboxylic acids is 2. The number of hydrogen-bond acceptors (Lipinski definition) is 4. The largest absolute Gasteiger partial charge is 0.481 e. The van der Waals surface area contributed by atoms with Gasteiger partial charge in [0.15, 0.2) is 6.10 Å². The highest BCUT2D eigenvalue weighted by Crippen LogP contribution is 2.18. The maximum Gasteiger partial charge on any atom is 0.335 e. The van der Waals surface area contributed by atoms with E-state index in [1.807, 2.05) is 6.07 Å². The van der Waals surface area contributed by atoms with Crippen LogP contribution in [0.25, 0.3) is 0 Å². The van der Waals surface area contributed by atoms with Gasteiger partial charge in [-0.3, -0.25) is 4.79 Å². The Morgan fingerprint density at radius 2 is 1.56 bits per heavy atom. The molecule has 0 fully saturated rings. The van der Waals surface area contributed by atoms with Gasteiger partial charge in [0.1, 0.15) is 5.75 Å². The van der Waals surface area contributed by atoms with E-state index in [2.05, 4.69) is 5.32 Å². The van der Waals surface area contributed by atoms with E-state index in [0.29, 0.717) is 12.2 Å². The summed E-state index contributed by atoms with van der Waals surface area (Å²) in [5.41, 5.74) is -0.378. The topological polar surface area (TPSA) is 113 Å². The Bertz CT molecular complexity index is 755. The molecular weight excluding hydrogens is 326 g/mol. The van der Waals surface area contributed by atoms with Gasteiger partial charge in [0.05, 0.1) is 11.1 Å². The second-order valence-corrected chi connectivity index (χ2v) is 5.23. The third-order valence-corrected chi connectivity index (χ3v) is 3.38. The lowest BCUT2D eigenvalue weighted by Crippen LogP contribution is -2.32. The molecule has 2 aromatic rings. The second-order valence-electron chi connectivity index (χ2n) is 5.23. The Hall–Kier alpha value is -3.35. The Morgan fingerprint density at radius 1 is 1.00 bits per heavy atom. The van der Waals surface area contributed by atoms with E-state index in [1.165, 1.54) is 12.1 Å². The summed E-state index contributed by atoms with van der Waals surface area (Å²) in [4.78, 5) is 34.6. The number of benzene rings is 2. The molecule has 1 amide bonds. The molecule has 0 aliphatic rings. The molecular formula is C18H17NO6. The zero-order valence-corrected chi connectivity index (χ0v) is 13.4. The lowest BCUT2D eigenvalue weighted by Gasteiger charge is -2.17. The molecule has 7 heteroatoms. The van der Waals surface area contributed by atoms with E-state index in [1.54, 1.807) is 31.2 Å². The molecule has 130 valence electrons. The fraction of sp³-hybridized carbons (Fsp3) is 0.167. The molecule has 0 saturated carbocycles. The maximum atomic E-state index is 12.4. The number of ether oxygens (including phenoxy) is 1. The number of para-hydroxylation sites is 1. The van der Waals surface area contributed by atoms with Crippen molar-refractivity contribution >= 4 is 23.5 Å². The van der Waals surface area contributed by atoms with Crippen molar-refractivity contribution in [1.82, 2.24) is 0 Å². The van der Waals surface area contributed by atoms with Crippen LogP contribution in [-0.4, -0.2) is 34.2 Å². The number of nitrogens with one attached hydrogen (secondary N) is 1. The monoisotopic (exact) mass is 343 g/mol. The lowest BCUT2D eigenvalue weighted by molar-refractivity contribution is -0.122. The summed E-state index contributed by atoms with van der Waals surface area (Å²) in [5, 5.41) is 20.7. The number of rotatable bonds is 7. The van der Waals surface area contributed by atoms with Crippen LogP contribution in [0.3, 0.4) is 0 Å². The van der Waals surface area contributed by atoms with E-state index >= 15 is 0 Å². The molecule has 0 aromatic heterocycles. The van der Waals surface area contributed by atoms with Gasteiger partial charge in [-0.2, -0.15) is 0 Å². The van der Waals surface area contributed by atoms with Gasteiger partial charge in [-0.15, -0.1) is 0 Å². The van der Waals surface area contributed by atoms with E-state index in [0.717, 1.165) is 6.07 Å². The van der Waals surface area contributed by atoms with Crippen LogP contribution >= 0.6 is 0 Å². The first-order chi connectivity index (χ1) is 11.9. The summed E-state index contributed by atoms with van der Waals surface area (Å²) in [6.07, 6.45) is -0.422. The Labute approximate surface area is 143 Å². The van der Waals surface area contributed by atoms with Gasteiger partial charge >= 0.3 is 11.9 Å². The fourth-order valence-corrected chi connectivity index (χ4v) is 2.16. The minimum atomic E-state index is -1.29. The van der Waals surface area contributed by atoms with Crippen LogP contribution in [-0.2, 0) is 4.79 Å². The first-order valence-electron chi connectivity index (χ1n) is 7.55. The predicted molar refractivity (Wildman–Crippen MR) is 90.1 cm³/mol. The van der Waals surface area contributed by atoms with E-state index in [-0.39, 0.29) is 16.8 Å². The van der Waals surface area contributed by atoms with Gasteiger partial charge in [-0.1, -0.05) is 25.1 Å². The zero-order chi connectivity index (χ0) is 18.4. The molecule has 0 aliphatic heterocycles. The molecule has 7 nitrogen and oxygen atoms in total. The quantitative estimate of drug-likeness (QED) is 0.712. The maximum absolute atomic E-state index is 12.4. The number of carbonyl (C=O) groups excluding carboxylic acids is 1. The minimum Gasteiger partial charge on any atom is -0.481 e. The second kappa shape index (κ2) is 7.96. The summed E-state index contributed by atoms with van der Waals surface area (Å²) >= 11 is 0. The van der Waals surface area contributed by atoms with Crippen LogP contribution in [0.15, 0.2) is 48.5 Å². The van der Waals surface area contributed by atoms with Crippen molar-refractivity contribution in [1.29, 1.82) is 0 Å². The van der Waals surface area contributed by atoms with Crippen molar-refractivity contribution in [3.8, 4) is 5.75 Å². The summed E-state index contributed by atoms with van der Waals surface area (Å²) in [6.45, 7) is 1.77. The zero-order valence-electron chi connectivity index (χ0n) is 13.4. The highest BCUT2D eigenvalue weighted by Gasteiger charge is 2.20. The number of amides is 1. The summed E-state index contributed by atoms with van der Waals surface area (Å²) < 4.78 is 5.61. The van der Waals surface area contributed by atoms with Crippen LogP contribution in [0.2, 0.25) is 0 Å². The van der Waals surface area contributed by atoms with Gasteiger partial charge in [0, 0.05) is 5.69 Å². The smallest absolute Gasteiger partial charge is 0.335 e.